The first kappa shape index (κ1) is 20.3. The summed E-state index contributed by atoms with van der Waals surface area (Å²) in [6, 6.07) is 14.3. The quantitative estimate of drug-likeness (QED) is 0.334. The highest BCUT2D eigenvalue weighted by molar-refractivity contribution is 8.17. The van der Waals surface area contributed by atoms with Crippen LogP contribution in [0, 0.1) is 5.82 Å². The van der Waals surface area contributed by atoms with Crippen molar-refractivity contribution in [1.29, 1.82) is 0 Å². The molecule has 0 aliphatic heterocycles. The van der Waals surface area contributed by atoms with E-state index in [0.29, 0.717) is 14.7 Å². The van der Waals surface area contributed by atoms with Gasteiger partial charge < -0.3 is 0 Å². The van der Waals surface area contributed by atoms with Gasteiger partial charge in [-0.15, -0.1) is 0 Å². The van der Waals surface area contributed by atoms with Crippen molar-refractivity contribution >= 4 is 10.9 Å². The maximum atomic E-state index is 13.3. The lowest BCUT2D eigenvalue weighted by Gasteiger charge is -2.24. The smallest absolute Gasteiger partial charge is 0.207 e. The lowest BCUT2D eigenvalue weighted by atomic mass is 10.2. The highest BCUT2D eigenvalue weighted by atomic mass is 32.2. The lowest BCUT2D eigenvalue weighted by Crippen LogP contribution is -2.05. The van der Waals surface area contributed by atoms with Crippen LogP contribution in [0.25, 0.3) is 0 Å². The molecular formula is C20H13F7S. The van der Waals surface area contributed by atoms with Gasteiger partial charge >= 0.3 is 12.4 Å². The van der Waals surface area contributed by atoms with Crippen LogP contribution in [-0.4, -0.2) is 0 Å². The molecule has 0 nitrogen and oxygen atoms in total. The summed E-state index contributed by atoms with van der Waals surface area (Å²) < 4.78 is 90.2. The van der Waals surface area contributed by atoms with E-state index < -0.39 is 40.2 Å². The summed E-state index contributed by atoms with van der Waals surface area (Å²) in [7, 11) is -1.46. The molecule has 148 valence electrons. The average molecular weight is 418 g/mol. The topological polar surface area (TPSA) is 0 Å². The van der Waals surface area contributed by atoms with Crippen LogP contribution in [-0.2, 0) is 12.4 Å². The van der Waals surface area contributed by atoms with Crippen molar-refractivity contribution in [3.05, 3.63) is 89.7 Å². The number of benzene rings is 3. The number of thiol groups is 1. The van der Waals surface area contributed by atoms with Gasteiger partial charge in [-0.2, -0.15) is 37.2 Å². The van der Waals surface area contributed by atoms with Crippen molar-refractivity contribution < 1.29 is 30.7 Å². The Labute approximate surface area is 159 Å². The van der Waals surface area contributed by atoms with E-state index in [1.165, 1.54) is 48.5 Å². The van der Waals surface area contributed by atoms with Crippen molar-refractivity contribution in [2.45, 2.75) is 27.0 Å². The van der Waals surface area contributed by atoms with Gasteiger partial charge in [-0.1, -0.05) is 0 Å². The van der Waals surface area contributed by atoms with Gasteiger partial charge in [0.15, 0.2) is 0 Å². The molecule has 0 unspecified atom stereocenters. The van der Waals surface area contributed by atoms with E-state index in [0.717, 1.165) is 24.3 Å². The fraction of sp³-hybridized carbons (Fsp3) is 0.100. The first-order valence-electron chi connectivity index (χ1n) is 7.96. The Balaban J connectivity index is 2.06. The molecule has 3 aromatic rings. The van der Waals surface area contributed by atoms with Gasteiger partial charge in [-0.3, -0.25) is 0 Å². The van der Waals surface area contributed by atoms with E-state index in [1.54, 1.807) is 0 Å². The monoisotopic (exact) mass is 418 g/mol. The number of rotatable bonds is 3. The summed E-state index contributed by atoms with van der Waals surface area (Å²) in [5.74, 6) is -0.487. The van der Waals surface area contributed by atoms with E-state index in [1.807, 2.05) is 0 Å². The molecule has 3 rings (SSSR count). The predicted molar refractivity (Wildman–Crippen MR) is 93.1 cm³/mol. The van der Waals surface area contributed by atoms with Crippen molar-refractivity contribution in [2.24, 2.45) is 0 Å². The summed E-state index contributed by atoms with van der Waals surface area (Å²) in [4.78, 5) is 1.62. The third kappa shape index (κ3) is 4.49. The predicted octanol–water partition coefficient (Wildman–Crippen LogP) is 7.34. The zero-order valence-corrected chi connectivity index (χ0v) is 14.9. The van der Waals surface area contributed by atoms with Gasteiger partial charge in [-0.25, -0.2) is 4.39 Å². The van der Waals surface area contributed by atoms with E-state index in [2.05, 4.69) is 0 Å². The fourth-order valence-corrected chi connectivity index (χ4v) is 4.87. The molecule has 0 heterocycles. The Morgan fingerprint density at radius 1 is 0.464 bits per heavy atom. The minimum Gasteiger partial charge on any atom is -0.207 e. The Bertz CT molecular complexity index is 867. The average Bonchev–Trinajstić information content (AvgIpc) is 2.63. The van der Waals surface area contributed by atoms with Crippen LogP contribution in [0.3, 0.4) is 0 Å². The molecule has 0 radical (unpaired) electrons. The number of halogens is 7. The first-order valence-corrected chi connectivity index (χ1v) is 9.30. The highest BCUT2D eigenvalue weighted by Gasteiger charge is 2.31. The van der Waals surface area contributed by atoms with Crippen LogP contribution in [0.2, 0.25) is 0 Å². The van der Waals surface area contributed by atoms with Crippen LogP contribution < -0.4 is 0 Å². The normalized spacial score (nSPS) is 12.8. The number of hydrogen-bond acceptors (Lipinski definition) is 0. The number of hydrogen-bond donors (Lipinski definition) is 1. The molecule has 0 aromatic heterocycles. The van der Waals surface area contributed by atoms with E-state index in [4.69, 9.17) is 0 Å². The Morgan fingerprint density at radius 3 is 1.04 bits per heavy atom. The highest BCUT2D eigenvalue weighted by Crippen LogP contribution is 2.52. The second-order valence-electron chi connectivity index (χ2n) is 5.90. The molecule has 28 heavy (non-hydrogen) atoms. The maximum absolute atomic E-state index is 13.3. The molecule has 3 aromatic carbocycles. The second-order valence-corrected chi connectivity index (χ2v) is 8.12. The van der Waals surface area contributed by atoms with Gasteiger partial charge in [0.2, 0.25) is 0 Å². The molecule has 0 aliphatic carbocycles. The van der Waals surface area contributed by atoms with Crippen LogP contribution in [0.1, 0.15) is 11.1 Å². The van der Waals surface area contributed by atoms with Crippen LogP contribution in [0.5, 0.6) is 0 Å². The third-order valence-electron chi connectivity index (χ3n) is 3.99. The van der Waals surface area contributed by atoms with Crippen molar-refractivity contribution in [2.75, 3.05) is 0 Å². The fourth-order valence-electron chi connectivity index (χ4n) is 2.64. The molecule has 0 aliphatic rings. The molecule has 0 saturated carbocycles. The van der Waals surface area contributed by atoms with Gasteiger partial charge in [-0.05, 0) is 87.5 Å². The lowest BCUT2D eigenvalue weighted by molar-refractivity contribution is -0.138. The molecule has 0 atom stereocenters. The second kappa shape index (κ2) is 7.50. The summed E-state index contributed by atoms with van der Waals surface area (Å²) in [5.41, 5.74) is -1.64. The molecule has 0 saturated heterocycles. The van der Waals surface area contributed by atoms with Gasteiger partial charge in [0.1, 0.15) is 5.82 Å². The molecule has 0 amide bonds. The standard InChI is InChI=1S/C20H13F7S/c21-15-5-11-18(12-6-15)28(16-7-1-13(2-8-16)19(22,23)24)17-9-3-14(4-10-17)20(25,26)27/h1-12,28H. The molecule has 0 bridgehead atoms. The largest absolute Gasteiger partial charge is 0.416 e. The minimum atomic E-state index is -4.49. The molecule has 0 N–H and O–H groups in total. The molecule has 0 fully saturated rings. The Morgan fingerprint density at radius 2 is 0.750 bits per heavy atom. The molecule has 8 heteroatoms. The van der Waals surface area contributed by atoms with Gasteiger partial charge in [0.05, 0.1) is 11.1 Å². The number of alkyl halides is 6. The van der Waals surface area contributed by atoms with E-state index in [-0.39, 0.29) is 0 Å². The van der Waals surface area contributed by atoms with Crippen LogP contribution in [0.4, 0.5) is 30.7 Å². The maximum Gasteiger partial charge on any atom is 0.416 e. The third-order valence-corrected chi connectivity index (χ3v) is 6.43. The zero-order chi connectivity index (χ0) is 20.5. The molecule has 0 spiro atoms. The summed E-state index contributed by atoms with van der Waals surface area (Å²) in [5, 5.41) is 0. The zero-order valence-electron chi connectivity index (χ0n) is 14.0. The van der Waals surface area contributed by atoms with Gasteiger partial charge in [0.25, 0.3) is 0 Å². The minimum absolute atomic E-state index is 0.487. The van der Waals surface area contributed by atoms with Crippen LogP contribution in [0.15, 0.2) is 87.5 Å². The Kier molecular flexibility index (Phi) is 5.43. The summed E-state index contributed by atoms with van der Waals surface area (Å²) in [6.07, 6.45) is -8.99. The molecular weight excluding hydrogens is 405 g/mol. The SMILES string of the molecule is Fc1ccc([SH](c2ccc(C(F)(F)F)cc2)c2ccc(C(F)(F)F)cc2)cc1. The van der Waals surface area contributed by atoms with Crippen molar-refractivity contribution in [3.63, 3.8) is 0 Å². The summed E-state index contributed by atoms with van der Waals surface area (Å²) >= 11 is 0. The Hall–Kier alpha value is -2.48. The van der Waals surface area contributed by atoms with Crippen molar-refractivity contribution in [1.82, 2.24) is 0 Å². The first-order chi connectivity index (χ1) is 13.1. The van der Waals surface area contributed by atoms with E-state index >= 15 is 0 Å². The summed E-state index contributed by atoms with van der Waals surface area (Å²) in [6.45, 7) is 0. The van der Waals surface area contributed by atoms with Crippen molar-refractivity contribution in [3.8, 4) is 0 Å². The van der Waals surface area contributed by atoms with Crippen LogP contribution >= 0.6 is 10.9 Å². The van der Waals surface area contributed by atoms with Gasteiger partial charge in [0, 0.05) is 0 Å². The van der Waals surface area contributed by atoms with E-state index in [9.17, 15) is 30.7 Å².